The van der Waals surface area contributed by atoms with E-state index in [2.05, 4.69) is 23.9 Å². The van der Waals surface area contributed by atoms with Gasteiger partial charge in [-0.15, -0.1) is 4.91 Å². The third-order valence-corrected chi connectivity index (χ3v) is 5.15. The van der Waals surface area contributed by atoms with E-state index in [1.54, 1.807) is 7.11 Å². The first-order valence-electron chi connectivity index (χ1n) is 8.40. The molecule has 1 fully saturated rings. The topological polar surface area (TPSA) is 41.9 Å². The minimum Gasteiger partial charge on any atom is -0.494 e. The highest BCUT2D eigenvalue weighted by Gasteiger charge is 2.34. The van der Waals surface area contributed by atoms with Crippen LogP contribution < -0.4 is 4.74 Å². The van der Waals surface area contributed by atoms with E-state index < -0.39 is 0 Å². The quantitative estimate of drug-likeness (QED) is 0.772. The maximum Gasteiger partial charge on any atom is 0.150 e. The fourth-order valence-corrected chi connectivity index (χ4v) is 4.24. The molecule has 0 N–H and O–H groups in total. The minimum absolute atomic E-state index is 0.437. The van der Waals surface area contributed by atoms with E-state index in [1.165, 1.54) is 36.9 Å². The average molecular weight is 302 g/mol. The van der Waals surface area contributed by atoms with Crippen molar-refractivity contribution < 1.29 is 4.74 Å². The summed E-state index contributed by atoms with van der Waals surface area (Å²) in [4.78, 5) is 13.7. The molecule has 0 spiro atoms. The summed E-state index contributed by atoms with van der Waals surface area (Å²) < 4.78 is 5.29. The number of benzene rings is 1. The molecule has 3 rings (SSSR count). The summed E-state index contributed by atoms with van der Waals surface area (Å²) in [6.07, 6.45) is 4.83. The van der Waals surface area contributed by atoms with E-state index >= 15 is 0 Å². The molecule has 0 radical (unpaired) electrons. The molecule has 120 valence electrons. The van der Waals surface area contributed by atoms with Gasteiger partial charge in [0.05, 0.1) is 7.11 Å². The molecule has 0 aliphatic carbocycles. The molecule has 0 saturated carbocycles. The molecule has 1 aromatic rings. The lowest BCUT2D eigenvalue weighted by atomic mass is 9.81. The van der Waals surface area contributed by atoms with Gasteiger partial charge in [-0.3, -0.25) is 4.90 Å². The first-order chi connectivity index (χ1) is 10.6. The molecule has 1 aromatic carbocycles. The lowest BCUT2D eigenvalue weighted by Crippen LogP contribution is -2.42. The molecular formula is C18H26N2O2. The summed E-state index contributed by atoms with van der Waals surface area (Å²) in [5.74, 6) is 2.20. The summed E-state index contributed by atoms with van der Waals surface area (Å²) in [5, 5.41) is 3.15. The molecule has 4 heteroatoms. The Labute approximate surface area is 132 Å². The molecule has 2 aliphatic heterocycles. The van der Waals surface area contributed by atoms with Crippen molar-refractivity contribution in [3.63, 3.8) is 0 Å². The third-order valence-electron chi connectivity index (χ3n) is 5.15. The molecule has 22 heavy (non-hydrogen) atoms. The highest BCUT2D eigenvalue weighted by Crippen LogP contribution is 2.43. The van der Waals surface area contributed by atoms with Crippen molar-refractivity contribution in [1.29, 1.82) is 0 Å². The number of rotatable bonds is 4. The van der Waals surface area contributed by atoms with E-state index in [0.29, 0.717) is 17.5 Å². The minimum atomic E-state index is 0.437. The number of piperidine rings is 1. The zero-order valence-electron chi connectivity index (χ0n) is 13.8. The molecule has 2 aliphatic rings. The smallest absolute Gasteiger partial charge is 0.150 e. The van der Waals surface area contributed by atoms with E-state index in [1.807, 2.05) is 12.1 Å². The van der Waals surface area contributed by atoms with Crippen LogP contribution in [-0.4, -0.2) is 25.1 Å². The van der Waals surface area contributed by atoms with Crippen molar-refractivity contribution in [3.05, 3.63) is 28.2 Å². The highest BCUT2D eigenvalue weighted by atomic mass is 16.5. The monoisotopic (exact) mass is 302 g/mol. The molecule has 0 amide bonds. The Kier molecular flexibility index (Phi) is 4.48. The summed E-state index contributed by atoms with van der Waals surface area (Å²) in [6.45, 7) is 6.93. The number of hydrogen-bond donors (Lipinski definition) is 0. The Balaban J connectivity index is 1.84. The van der Waals surface area contributed by atoms with Crippen molar-refractivity contribution in [2.45, 2.75) is 45.6 Å². The average Bonchev–Trinajstić information content (AvgIpc) is 2.52. The molecular weight excluding hydrogens is 276 g/mol. The Morgan fingerprint density at radius 1 is 1.36 bits per heavy atom. The highest BCUT2D eigenvalue weighted by molar-refractivity contribution is 5.57. The molecule has 0 bridgehead atoms. The van der Waals surface area contributed by atoms with Crippen LogP contribution in [0.2, 0.25) is 0 Å². The Hall–Kier alpha value is -1.42. The van der Waals surface area contributed by atoms with Crippen LogP contribution in [0.25, 0.3) is 0 Å². The van der Waals surface area contributed by atoms with Gasteiger partial charge in [-0.2, -0.15) is 0 Å². The number of fused-ring (bicyclic) bond motifs is 3. The zero-order chi connectivity index (χ0) is 15.7. The first kappa shape index (κ1) is 15.5. The van der Waals surface area contributed by atoms with E-state index in [9.17, 15) is 4.91 Å². The maximum atomic E-state index is 11.1. The van der Waals surface area contributed by atoms with Crippen molar-refractivity contribution in [2.24, 2.45) is 17.0 Å². The second-order valence-corrected chi connectivity index (χ2v) is 7.15. The Morgan fingerprint density at radius 3 is 2.86 bits per heavy atom. The predicted molar refractivity (Wildman–Crippen MR) is 88.6 cm³/mol. The second-order valence-electron chi connectivity index (χ2n) is 7.15. The van der Waals surface area contributed by atoms with Crippen molar-refractivity contribution in [1.82, 2.24) is 4.90 Å². The number of methoxy groups -OCH3 is 1. The van der Waals surface area contributed by atoms with Crippen molar-refractivity contribution in [3.8, 4) is 5.75 Å². The van der Waals surface area contributed by atoms with Crippen LogP contribution in [0.4, 0.5) is 5.69 Å². The van der Waals surface area contributed by atoms with Crippen LogP contribution in [0.5, 0.6) is 5.75 Å². The molecule has 4 nitrogen and oxygen atoms in total. The van der Waals surface area contributed by atoms with Gasteiger partial charge in [0, 0.05) is 19.1 Å². The lowest BCUT2D eigenvalue weighted by molar-refractivity contribution is 0.0896. The van der Waals surface area contributed by atoms with Crippen LogP contribution in [0, 0.1) is 16.7 Å². The standard InChI is InChI=1S/C18H26N2O2/c1-12(2)8-13-4-5-17-15-10-16(19-21)18(22-3)9-14(15)6-7-20(17)11-13/h9-10,12-13,17H,4-8,11H2,1-3H3/t13-,17?/m1/s1. The molecule has 2 atom stereocenters. The largest absolute Gasteiger partial charge is 0.494 e. The molecule has 1 saturated heterocycles. The fraction of sp³-hybridized carbons (Fsp3) is 0.667. The van der Waals surface area contributed by atoms with E-state index in [4.69, 9.17) is 4.74 Å². The van der Waals surface area contributed by atoms with Gasteiger partial charge < -0.3 is 4.74 Å². The second kappa shape index (κ2) is 6.37. The zero-order valence-corrected chi connectivity index (χ0v) is 13.8. The first-order valence-corrected chi connectivity index (χ1v) is 8.40. The van der Waals surface area contributed by atoms with Crippen molar-refractivity contribution in [2.75, 3.05) is 20.2 Å². The molecule has 1 unspecified atom stereocenters. The number of nitrogens with zero attached hydrogens (tertiary/aromatic N) is 2. The maximum absolute atomic E-state index is 11.1. The third kappa shape index (κ3) is 2.89. The normalized spacial score (nSPS) is 24.7. The van der Waals surface area contributed by atoms with Gasteiger partial charge in [0.15, 0.2) is 0 Å². The Bertz CT molecular complexity index is 556. The molecule has 2 heterocycles. The van der Waals surface area contributed by atoms with Gasteiger partial charge in [-0.1, -0.05) is 13.8 Å². The van der Waals surface area contributed by atoms with Crippen LogP contribution in [0.3, 0.4) is 0 Å². The van der Waals surface area contributed by atoms with Gasteiger partial charge in [0.2, 0.25) is 0 Å². The van der Waals surface area contributed by atoms with Crippen LogP contribution in [0.1, 0.15) is 50.3 Å². The van der Waals surface area contributed by atoms with Gasteiger partial charge in [0.1, 0.15) is 11.4 Å². The van der Waals surface area contributed by atoms with Gasteiger partial charge in [-0.25, -0.2) is 0 Å². The van der Waals surface area contributed by atoms with Crippen molar-refractivity contribution >= 4 is 5.69 Å². The molecule has 0 aromatic heterocycles. The van der Waals surface area contributed by atoms with Crippen LogP contribution in [0.15, 0.2) is 17.3 Å². The van der Waals surface area contributed by atoms with Crippen LogP contribution in [-0.2, 0) is 6.42 Å². The number of nitroso groups, excluding NO2 is 1. The van der Waals surface area contributed by atoms with Crippen LogP contribution >= 0.6 is 0 Å². The van der Waals surface area contributed by atoms with E-state index in [0.717, 1.165) is 24.8 Å². The number of hydrogen-bond acceptors (Lipinski definition) is 4. The Morgan fingerprint density at radius 2 is 2.18 bits per heavy atom. The van der Waals surface area contributed by atoms with Gasteiger partial charge >= 0.3 is 0 Å². The van der Waals surface area contributed by atoms with E-state index in [-0.39, 0.29) is 0 Å². The SMILES string of the molecule is COc1cc2c(cc1N=O)C1CC[C@H](CC(C)C)CN1CC2. The number of ether oxygens (including phenoxy) is 1. The summed E-state index contributed by atoms with van der Waals surface area (Å²) in [6, 6.07) is 4.43. The lowest BCUT2D eigenvalue weighted by Gasteiger charge is -2.44. The predicted octanol–water partition coefficient (Wildman–Crippen LogP) is 4.45. The summed E-state index contributed by atoms with van der Waals surface area (Å²) in [7, 11) is 1.60. The van der Waals surface area contributed by atoms with Gasteiger partial charge in [-0.05, 0) is 66.0 Å². The summed E-state index contributed by atoms with van der Waals surface area (Å²) >= 11 is 0. The fourth-order valence-electron chi connectivity index (χ4n) is 4.24. The van der Waals surface area contributed by atoms with Gasteiger partial charge in [0.25, 0.3) is 0 Å². The summed E-state index contributed by atoms with van der Waals surface area (Å²) in [5.41, 5.74) is 3.06.